The Kier molecular flexibility index (Phi) is 5.23. The van der Waals surface area contributed by atoms with Crippen molar-refractivity contribution in [3.8, 4) is 5.75 Å². The van der Waals surface area contributed by atoms with E-state index in [0.717, 1.165) is 5.56 Å². The zero-order valence-corrected chi connectivity index (χ0v) is 12.9. The van der Waals surface area contributed by atoms with Crippen molar-refractivity contribution in [3.05, 3.63) is 64.7 Å². The molecule has 0 aliphatic rings. The summed E-state index contributed by atoms with van der Waals surface area (Å²) in [5.41, 5.74) is 1.65. The predicted octanol–water partition coefficient (Wildman–Crippen LogP) is 4.01. The van der Waals surface area contributed by atoms with Gasteiger partial charge in [0.15, 0.2) is 0 Å². The van der Waals surface area contributed by atoms with Gasteiger partial charge in [-0.05, 0) is 30.7 Å². The van der Waals surface area contributed by atoms with Gasteiger partial charge in [-0.2, -0.15) is 0 Å². The van der Waals surface area contributed by atoms with Crippen LogP contribution in [-0.4, -0.2) is 24.5 Å². The number of carbonyl (C=O) groups excluding carboxylic acids is 1. The third-order valence-electron chi connectivity index (χ3n) is 3.09. The minimum absolute atomic E-state index is 0.0659. The van der Waals surface area contributed by atoms with Crippen molar-refractivity contribution >= 4 is 17.5 Å². The Bertz CT molecular complexity index is 613. The van der Waals surface area contributed by atoms with Crippen molar-refractivity contribution < 1.29 is 9.53 Å². The van der Waals surface area contributed by atoms with Gasteiger partial charge in [-0.1, -0.05) is 41.9 Å². The van der Waals surface area contributed by atoms with E-state index in [0.29, 0.717) is 29.5 Å². The molecule has 0 radical (unpaired) electrons. The molecule has 3 nitrogen and oxygen atoms in total. The minimum atomic E-state index is -0.0659. The van der Waals surface area contributed by atoms with Crippen LogP contribution in [0.25, 0.3) is 0 Å². The van der Waals surface area contributed by atoms with Crippen molar-refractivity contribution in [1.29, 1.82) is 0 Å². The van der Waals surface area contributed by atoms with E-state index in [9.17, 15) is 4.79 Å². The number of ether oxygens (including phenoxy) is 1. The molecule has 0 saturated heterocycles. The Hall–Kier alpha value is -2.00. The lowest BCUT2D eigenvalue weighted by atomic mass is 10.1. The molecule has 2 aromatic carbocycles. The van der Waals surface area contributed by atoms with E-state index in [4.69, 9.17) is 16.3 Å². The van der Waals surface area contributed by atoms with Crippen LogP contribution in [0.2, 0.25) is 5.02 Å². The number of carbonyl (C=O) groups is 1. The Morgan fingerprint density at radius 3 is 2.52 bits per heavy atom. The minimum Gasteiger partial charge on any atom is -0.492 e. The molecule has 0 aliphatic heterocycles. The van der Waals surface area contributed by atoms with E-state index < -0.39 is 0 Å². The molecule has 0 bridgehead atoms. The van der Waals surface area contributed by atoms with Crippen LogP contribution in [0, 0.1) is 0 Å². The SMILES string of the molecule is CCOc1ccc(C(=O)N(C)Cc2ccccc2)cc1Cl. The molecule has 21 heavy (non-hydrogen) atoms. The summed E-state index contributed by atoms with van der Waals surface area (Å²) in [6, 6.07) is 15.0. The molecule has 0 spiro atoms. The van der Waals surface area contributed by atoms with Crippen LogP contribution in [0.1, 0.15) is 22.8 Å². The molecule has 0 unspecified atom stereocenters. The normalized spacial score (nSPS) is 10.2. The average molecular weight is 304 g/mol. The fourth-order valence-electron chi connectivity index (χ4n) is 2.06. The molecule has 110 valence electrons. The van der Waals surface area contributed by atoms with Crippen molar-refractivity contribution in [2.24, 2.45) is 0 Å². The first kappa shape index (κ1) is 15.4. The molecule has 0 aliphatic carbocycles. The van der Waals surface area contributed by atoms with Gasteiger partial charge in [0, 0.05) is 19.2 Å². The molecule has 2 rings (SSSR count). The summed E-state index contributed by atoms with van der Waals surface area (Å²) >= 11 is 6.12. The van der Waals surface area contributed by atoms with E-state index in [-0.39, 0.29) is 5.91 Å². The monoisotopic (exact) mass is 303 g/mol. The highest BCUT2D eigenvalue weighted by Crippen LogP contribution is 2.26. The smallest absolute Gasteiger partial charge is 0.253 e. The van der Waals surface area contributed by atoms with Gasteiger partial charge in [-0.15, -0.1) is 0 Å². The van der Waals surface area contributed by atoms with E-state index >= 15 is 0 Å². The highest BCUT2D eigenvalue weighted by molar-refractivity contribution is 6.32. The third kappa shape index (κ3) is 3.99. The number of benzene rings is 2. The van der Waals surface area contributed by atoms with Crippen molar-refractivity contribution in [2.75, 3.05) is 13.7 Å². The maximum Gasteiger partial charge on any atom is 0.253 e. The fourth-order valence-corrected chi connectivity index (χ4v) is 2.29. The van der Waals surface area contributed by atoms with Gasteiger partial charge in [-0.3, -0.25) is 4.79 Å². The molecule has 0 N–H and O–H groups in total. The zero-order chi connectivity index (χ0) is 15.2. The molecule has 4 heteroatoms. The highest BCUT2D eigenvalue weighted by atomic mass is 35.5. The summed E-state index contributed by atoms with van der Waals surface area (Å²) in [7, 11) is 1.78. The topological polar surface area (TPSA) is 29.5 Å². The van der Waals surface area contributed by atoms with Crippen molar-refractivity contribution in [2.45, 2.75) is 13.5 Å². The molecule has 0 fully saturated rings. The maximum atomic E-state index is 12.4. The summed E-state index contributed by atoms with van der Waals surface area (Å²) in [5.74, 6) is 0.533. The Balaban J connectivity index is 2.10. The quantitative estimate of drug-likeness (QED) is 0.835. The molecule has 2 aromatic rings. The lowest BCUT2D eigenvalue weighted by Gasteiger charge is -2.18. The average Bonchev–Trinajstić information content (AvgIpc) is 2.49. The summed E-state index contributed by atoms with van der Waals surface area (Å²) in [4.78, 5) is 14.1. The van der Waals surface area contributed by atoms with Crippen LogP contribution >= 0.6 is 11.6 Å². The van der Waals surface area contributed by atoms with E-state index in [1.165, 1.54) is 0 Å². The van der Waals surface area contributed by atoms with Crippen molar-refractivity contribution in [3.63, 3.8) is 0 Å². The lowest BCUT2D eigenvalue weighted by molar-refractivity contribution is 0.0785. The van der Waals surface area contributed by atoms with Crippen LogP contribution in [0.15, 0.2) is 48.5 Å². The van der Waals surface area contributed by atoms with Gasteiger partial charge in [0.1, 0.15) is 5.75 Å². The molecular weight excluding hydrogens is 286 g/mol. The number of hydrogen-bond donors (Lipinski definition) is 0. The number of rotatable bonds is 5. The number of nitrogens with zero attached hydrogens (tertiary/aromatic N) is 1. The second kappa shape index (κ2) is 7.14. The van der Waals surface area contributed by atoms with Crippen LogP contribution in [0.3, 0.4) is 0 Å². The largest absolute Gasteiger partial charge is 0.492 e. The van der Waals surface area contributed by atoms with Crippen molar-refractivity contribution in [1.82, 2.24) is 4.90 Å². The van der Waals surface area contributed by atoms with Crippen LogP contribution in [0.4, 0.5) is 0 Å². The lowest BCUT2D eigenvalue weighted by Crippen LogP contribution is -2.26. The maximum absolute atomic E-state index is 12.4. The van der Waals surface area contributed by atoms with Gasteiger partial charge in [0.25, 0.3) is 5.91 Å². The number of halogens is 1. The summed E-state index contributed by atoms with van der Waals surface area (Å²) < 4.78 is 5.37. The Labute approximate surface area is 130 Å². The van der Waals surface area contributed by atoms with E-state index in [1.54, 1.807) is 30.1 Å². The first-order valence-electron chi connectivity index (χ1n) is 6.83. The molecule has 0 heterocycles. The second-order valence-electron chi connectivity index (χ2n) is 4.73. The Morgan fingerprint density at radius 2 is 1.90 bits per heavy atom. The summed E-state index contributed by atoms with van der Waals surface area (Å²) in [6.07, 6.45) is 0. The first-order chi connectivity index (χ1) is 10.1. The fraction of sp³-hybridized carbons (Fsp3) is 0.235. The van der Waals surface area contributed by atoms with Gasteiger partial charge in [0.2, 0.25) is 0 Å². The molecule has 0 aromatic heterocycles. The molecule has 0 saturated carbocycles. The Morgan fingerprint density at radius 1 is 1.19 bits per heavy atom. The van der Waals surface area contributed by atoms with E-state index in [2.05, 4.69) is 0 Å². The predicted molar refractivity (Wildman–Crippen MR) is 84.9 cm³/mol. The number of hydrogen-bond acceptors (Lipinski definition) is 2. The summed E-state index contributed by atoms with van der Waals surface area (Å²) in [5, 5.41) is 0.454. The van der Waals surface area contributed by atoms with Crippen LogP contribution in [0.5, 0.6) is 5.75 Å². The highest BCUT2D eigenvalue weighted by Gasteiger charge is 2.14. The van der Waals surface area contributed by atoms with Crippen LogP contribution in [-0.2, 0) is 6.54 Å². The molecule has 0 atom stereocenters. The third-order valence-corrected chi connectivity index (χ3v) is 3.38. The van der Waals surface area contributed by atoms with Crippen LogP contribution < -0.4 is 4.74 Å². The first-order valence-corrected chi connectivity index (χ1v) is 7.21. The van der Waals surface area contributed by atoms with Gasteiger partial charge in [-0.25, -0.2) is 0 Å². The van der Waals surface area contributed by atoms with Gasteiger partial charge in [0.05, 0.1) is 11.6 Å². The van der Waals surface area contributed by atoms with E-state index in [1.807, 2.05) is 37.3 Å². The van der Waals surface area contributed by atoms with Gasteiger partial charge >= 0.3 is 0 Å². The number of amides is 1. The standard InChI is InChI=1S/C17H18ClNO2/c1-3-21-16-10-9-14(11-15(16)18)17(20)19(2)12-13-7-5-4-6-8-13/h4-11H,3,12H2,1-2H3. The molecular formula is C17H18ClNO2. The van der Waals surface area contributed by atoms with Gasteiger partial charge < -0.3 is 9.64 Å². The summed E-state index contributed by atoms with van der Waals surface area (Å²) in [6.45, 7) is 2.99. The molecule has 1 amide bonds. The zero-order valence-electron chi connectivity index (χ0n) is 12.2. The second-order valence-corrected chi connectivity index (χ2v) is 5.13.